The molecule has 0 amide bonds. The Balaban J connectivity index is 1.75. The average molecular weight is 467 g/mol. The van der Waals surface area contributed by atoms with E-state index in [1.54, 1.807) is 0 Å². The Morgan fingerprint density at radius 3 is 1.97 bits per heavy atom. The molecule has 36 heavy (non-hydrogen) atoms. The average Bonchev–Trinajstić information content (AvgIpc) is 2.84. The lowest BCUT2D eigenvalue weighted by atomic mass is 9.66. The molecule has 6 aromatic carbocycles. The fourth-order valence-corrected chi connectivity index (χ4v) is 6.80. The number of rotatable bonds is 1. The van der Waals surface area contributed by atoms with Gasteiger partial charge in [0.05, 0.1) is 0 Å². The van der Waals surface area contributed by atoms with Crippen LogP contribution in [0.15, 0.2) is 72.8 Å². The molecule has 0 saturated heterocycles. The van der Waals surface area contributed by atoms with Gasteiger partial charge in [0.2, 0.25) is 0 Å². The van der Waals surface area contributed by atoms with E-state index in [0.717, 1.165) is 0 Å². The largest absolute Gasteiger partial charge is 0.0616 e. The van der Waals surface area contributed by atoms with Gasteiger partial charge in [-0.05, 0) is 112 Å². The van der Waals surface area contributed by atoms with Crippen LogP contribution in [0.1, 0.15) is 76.6 Å². The van der Waals surface area contributed by atoms with E-state index in [9.17, 15) is 0 Å². The van der Waals surface area contributed by atoms with Crippen molar-refractivity contribution in [3.05, 3.63) is 95.1 Å². The highest BCUT2D eigenvalue weighted by molar-refractivity contribution is 6.28. The minimum Gasteiger partial charge on any atom is -0.0616 e. The summed E-state index contributed by atoms with van der Waals surface area (Å²) >= 11 is 0. The Morgan fingerprint density at radius 2 is 1.28 bits per heavy atom. The highest BCUT2D eigenvalue weighted by Crippen LogP contribution is 2.54. The summed E-state index contributed by atoms with van der Waals surface area (Å²) < 4.78 is 0. The molecule has 178 valence electrons. The highest BCUT2D eigenvalue weighted by Gasteiger charge is 2.36. The first-order valence-corrected chi connectivity index (χ1v) is 13.4. The molecular weight excluding hydrogens is 432 g/mol. The molecule has 0 atom stereocenters. The lowest BCUT2D eigenvalue weighted by molar-refractivity contribution is 0.591. The summed E-state index contributed by atoms with van der Waals surface area (Å²) in [6.07, 6.45) is 0. The molecule has 0 aliphatic heterocycles. The Kier molecular flexibility index (Phi) is 4.18. The Bertz CT molecular complexity index is 1850. The second-order valence-electron chi connectivity index (χ2n) is 12.9. The minimum absolute atomic E-state index is 0.0871. The summed E-state index contributed by atoms with van der Waals surface area (Å²) in [6, 6.07) is 28.4. The molecule has 0 heteroatoms. The van der Waals surface area contributed by atoms with E-state index in [1.807, 2.05) is 0 Å². The molecule has 0 nitrogen and oxygen atoms in total. The maximum absolute atomic E-state index is 2.52. The van der Waals surface area contributed by atoms with Crippen molar-refractivity contribution in [3.8, 4) is 11.1 Å². The molecule has 0 bridgehead atoms. The summed E-state index contributed by atoms with van der Waals surface area (Å²) in [4.78, 5) is 0. The molecule has 0 radical (unpaired) electrons. The van der Waals surface area contributed by atoms with Crippen LogP contribution < -0.4 is 0 Å². The van der Waals surface area contributed by atoms with Gasteiger partial charge in [0.15, 0.2) is 0 Å². The number of fused-ring (bicyclic) bond motifs is 3. The number of hydrogen-bond acceptors (Lipinski definition) is 0. The van der Waals surface area contributed by atoms with E-state index in [2.05, 4.69) is 121 Å². The molecular formula is C36H34. The predicted molar refractivity (Wildman–Crippen MR) is 158 cm³/mol. The van der Waals surface area contributed by atoms with Crippen LogP contribution in [0.2, 0.25) is 0 Å². The first kappa shape index (κ1) is 21.9. The van der Waals surface area contributed by atoms with Crippen LogP contribution >= 0.6 is 0 Å². The zero-order chi connectivity index (χ0) is 25.1. The summed E-state index contributed by atoms with van der Waals surface area (Å²) in [5.41, 5.74) is 8.61. The SMILES string of the molecule is CC(C)c1cc2c3c(cc4cc(C(C)(C)C)cc5ccc1c3c54)C(C)(C)c1cc3ccccc3cc1-2. The van der Waals surface area contributed by atoms with E-state index in [0.29, 0.717) is 5.92 Å². The molecule has 0 N–H and O–H groups in total. The molecule has 6 aromatic rings. The summed E-state index contributed by atoms with van der Waals surface area (Å²) in [7, 11) is 0. The van der Waals surface area contributed by atoms with Crippen molar-refractivity contribution in [1.29, 1.82) is 0 Å². The van der Waals surface area contributed by atoms with Gasteiger partial charge in [-0.2, -0.15) is 0 Å². The van der Waals surface area contributed by atoms with Crippen molar-refractivity contribution in [2.45, 2.75) is 65.2 Å². The predicted octanol–water partition coefficient (Wildman–Crippen LogP) is 10.5. The minimum atomic E-state index is -0.0871. The third-order valence-corrected chi connectivity index (χ3v) is 8.86. The number of benzene rings is 6. The molecule has 0 spiro atoms. The summed E-state index contributed by atoms with van der Waals surface area (Å²) in [5, 5.41) is 11.2. The van der Waals surface area contributed by atoms with Gasteiger partial charge in [0, 0.05) is 5.41 Å². The zero-order valence-electron chi connectivity index (χ0n) is 22.5. The Labute approximate surface area is 214 Å². The maximum atomic E-state index is 2.52. The van der Waals surface area contributed by atoms with E-state index in [4.69, 9.17) is 0 Å². The quantitative estimate of drug-likeness (QED) is 0.211. The van der Waals surface area contributed by atoms with Gasteiger partial charge < -0.3 is 0 Å². The smallest absolute Gasteiger partial charge is 0.0159 e. The fourth-order valence-electron chi connectivity index (χ4n) is 6.80. The van der Waals surface area contributed by atoms with E-state index in [-0.39, 0.29) is 10.8 Å². The van der Waals surface area contributed by atoms with Gasteiger partial charge >= 0.3 is 0 Å². The Hall–Kier alpha value is -3.38. The standard InChI is InChI=1S/C36H34/c1-20(2)27-19-29-28-16-21-10-8-9-11-22(21)17-30(28)36(6,7)31-18-24-15-25(35(3,4)5)14-23-12-13-26(27)34(32(23)24)33(29)31/h8-20H,1-7H3. The highest BCUT2D eigenvalue weighted by atomic mass is 14.4. The van der Waals surface area contributed by atoms with Crippen LogP contribution in [-0.2, 0) is 10.8 Å². The lowest BCUT2D eigenvalue weighted by Crippen LogP contribution is -2.24. The van der Waals surface area contributed by atoms with Crippen molar-refractivity contribution in [2.75, 3.05) is 0 Å². The van der Waals surface area contributed by atoms with Gasteiger partial charge in [-0.25, -0.2) is 0 Å². The molecule has 7 rings (SSSR count). The van der Waals surface area contributed by atoms with Crippen LogP contribution in [0.5, 0.6) is 0 Å². The second kappa shape index (κ2) is 6.88. The van der Waals surface area contributed by atoms with Crippen LogP contribution in [0.3, 0.4) is 0 Å². The molecule has 0 heterocycles. The molecule has 0 aromatic heterocycles. The van der Waals surface area contributed by atoms with Crippen molar-refractivity contribution in [1.82, 2.24) is 0 Å². The van der Waals surface area contributed by atoms with Crippen LogP contribution in [-0.4, -0.2) is 0 Å². The fraction of sp³-hybridized carbons (Fsp3) is 0.278. The van der Waals surface area contributed by atoms with E-state index >= 15 is 0 Å². The van der Waals surface area contributed by atoms with Gasteiger partial charge in [-0.1, -0.05) is 97.0 Å². The van der Waals surface area contributed by atoms with Gasteiger partial charge in [-0.3, -0.25) is 0 Å². The van der Waals surface area contributed by atoms with Crippen molar-refractivity contribution in [3.63, 3.8) is 0 Å². The lowest BCUT2D eigenvalue weighted by Gasteiger charge is -2.37. The monoisotopic (exact) mass is 466 g/mol. The van der Waals surface area contributed by atoms with Gasteiger partial charge in [0.25, 0.3) is 0 Å². The molecule has 1 aliphatic carbocycles. The summed E-state index contributed by atoms with van der Waals surface area (Å²) in [6.45, 7) is 16.5. The molecule has 0 unspecified atom stereocenters. The Morgan fingerprint density at radius 1 is 0.611 bits per heavy atom. The summed E-state index contributed by atoms with van der Waals surface area (Å²) in [5.74, 6) is 0.457. The van der Waals surface area contributed by atoms with Crippen LogP contribution in [0.4, 0.5) is 0 Å². The van der Waals surface area contributed by atoms with Gasteiger partial charge in [-0.15, -0.1) is 0 Å². The zero-order valence-corrected chi connectivity index (χ0v) is 22.5. The number of hydrogen-bond donors (Lipinski definition) is 0. The molecule has 0 fully saturated rings. The van der Waals surface area contributed by atoms with Crippen LogP contribution in [0, 0.1) is 0 Å². The van der Waals surface area contributed by atoms with Crippen molar-refractivity contribution >= 4 is 43.1 Å². The van der Waals surface area contributed by atoms with Crippen LogP contribution in [0.25, 0.3) is 54.2 Å². The van der Waals surface area contributed by atoms with Crippen molar-refractivity contribution in [2.24, 2.45) is 0 Å². The van der Waals surface area contributed by atoms with E-state index < -0.39 is 0 Å². The first-order chi connectivity index (χ1) is 17.1. The first-order valence-electron chi connectivity index (χ1n) is 13.4. The topological polar surface area (TPSA) is 0 Å². The third-order valence-electron chi connectivity index (χ3n) is 8.86. The molecule has 0 saturated carbocycles. The maximum Gasteiger partial charge on any atom is 0.0159 e. The third kappa shape index (κ3) is 2.76. The van der Waals surface area contributed by atoms with Gasteiger partial charge in [0.1, 0.15) is 0 Å². The van der Waals surface area contributed by atoms with Crippen molar-refractivity contribution < 1.29 is 0 Å². The molecule has 1 aliphatic rings. The normalized spacial score (nSPS) is 15.0. The van der Waals surface area contributed by atoms with E-state index in [1.165, 1.54) is 76.5 Å². The second-order valence-corrected chi connectivity index (χ2v) is 12.9.